The summed E-state index contributed by atoms with van der Waals surface area (Å²) in [6.45, 7) is 2.29. The first-order valence-corrected chi connectivity index (χ1v) is 5.87. The van der Waals surface area contributed by atoms with E-state index in [1.165, 1.54) is 6.20 Å². The number of hydrogen-bond donors (Lipinski definition) is 2. The van der Waals surface area contributed by atoms with E-state index < -0.39 is 0 Å². The van der Waals surface area contributed by atoms with Crippen LogP contribution in [0, 0.1) is 5.41 Å². The summed E-state index contributed by atoms with van der Waals surface area (Å²) in [6, 6.07) is 0.241. The smallest absolute Gasteiger partial charge is 0.149 e. The molecule has 0 amide bonds. The van der Waals surface area contributed by atoms with Gasteiger partial charge in [-0.2, -0.15) is 0 Å². The van der Waals surface area contributed by atoms with Gasteiger partial charge in [-0.15, -0.1) is 0 Å². The van der Waals surface area contributed by atoms with Crippen LogP contribution in [0.4, 0.5) is 5.82 Å². The number of halogens is 1. The molecule has 0 unspecified atom stereocenters. The second-order valence-corrected chi connectivity index (χ2v) is 5.02. The Morgan fingerprint density at radius 3 is 3.12 bits per heavy atom. The van der Waals surface area contributed by atoms with Crippen LogP contribution in [0.2, 0.25) is 5.15 Å². The van der Waals surface area contributed by atoms with Crippen LogP contribution in [0.25, 0.3) is 0 Å². The molecule has 1 aromatic heterocycles. The Balaban J connectivity index is 2.10. The number of hydrogen-bond acceptors (Lipinski definition) is 4. The van der Waals surface area contributed by atoms with Crippen molar-refractivity contribution in [3.8, 4) is 0 Å². The fourth-order valence-electron chi connectivity index (χ4n) is 2.26. The van der Waals surface area contributed by atoms with Crippen molar-refractivity contribution in [2.75, 3.05) is 11.9 Å². The molecule has 1 heterocycles. The maximum atomic E-state index is 9.43. The fraction of sp³-hybridized carbons (Fsp3) is 0.636. The van der Waals surface area contributed by atoms with Crippen LogP contribution < -0.4 is 5.32 Å². The first-order valence-electron chi connectivity index (χ1n) is 5.49. The van der Waals surface area contributed by atoms with Gasteiger partial charge in [-0.05, 0) is 12.8 Å². The van der Waals surface area contributed by atoms with E-state index >= 15 is 0 Å². The lowest BCUT2D eigenvalue weighted by atomic mass is 9.86. The molecule has 16 heavy (non-hydrogen) atoms. The van der Waals surface area contributed by atoms with Crippen molar-refractivity contribution in [3.63, 3.8) is 0 Å². The van der Waals surface area contributed by atoms with Crippen LogP contribution in [0.15, 0.2) is 12.4 Å². The molecule has 2 rings (SSSR count). The molecule has 0 aliphatic heterocycles. The first kappa shape index (κ1) is 11.6. The van der Waals surface area contributed by atoms with Gasteiger partial charge in [-0.1, -0.05) is 24.9 Å². The Kier molecular flexibility index (Phi) is 3.30. The van der Waals surface area contributed by atoms with Crippen LogP contribution >= 0.6 is 11.6 Å². The molecule has 0 saturated heterocycles. The SMILES string of the molecule is C[C@@]1(CO)CCC[C@@H]1Nc1cncc(Cl)n1. The summed E-state index contributed by atoms with van der Waals surface area (Å²) in [5.74, 6) is 0.680. The highest BCUT2D eigenvalue weighted by Gasteiger charge is 2.38. The predicted molar refractivity (Wildman–Crippen MR) is 63.5 cm³/mol. The minimum absolute atomic E-state index is 0.0655. The van der Waals surface area contributed by atoms with E-state index in [2.05, 4.69) is 22.2 Å². The maximum absolute atomic E-state index is 9.43. The molecule has 5 heteroatoms. The number of nitrogens with one attached hydrogen (secondary N) is 1. The number of nitrogens with zero attached hydrogens (tertiary/aromatic N) is 2. The summed E-state index contributed by atoms with van der Waals surface area (Å²) in [5, 5.41) is 13.1. The maximum Gasteiger partial charge on any atom is 0.149 e. The standard InChI is InChI=1S/C11H16ClN3O/c1-11(7-16)4-2-3-8(11)14-10-6-13-5-9(12)15-10/h5-6,8,16H,2-4,7H2,1H3,(H,14,15)/t8-,11-/m0/s1. The van der Waals surface area contributed by atoms with Crippen molar-refractivity contribution in [3.05, 3.63) is 17.5 Å². The zero-order valence-corrected chi connectivity index (χ0v) is 10.0. The van der Waals surface area contributed by atoms with Crippen molar-refractivity contribution in [1.82, 2.24) is 9.97 Å². The number of rotatable bonds is 3. The molecule has 0 bridgehead atoms. The van der Waals surface area contributed by atoms with Gasteiger partial charge in [-0.3, -0.25) is 4.98 Å². The summed E-state index contributed by atoms with van der Waals surface area (Å²) in [4.78, 5) is 8.13. The van der Waals surface area contributed by atoms with Crippen molar-refractivity contribution in [2.24, 2.45) is 5.41 Å². The first-order chi connectivity index (χ1) is 7.64. The summed E-state index contributed by atoms with van der Waals surface area (Å²) in [6.07, 6.45) is 6.37. The quantitative estimate of drug-likeness (QED) is 0.851. The summed E-state index contributed by atoms with van der Waals surface area (Å²) in [5.41, 5.74) is -0.0655. The number of aromatic nitrogens is 2. The Morgan fingerprint density at radius 1 is 1.62 bits per heavy atom. The largest absolute Gasteiger partial charge is 0.396 e. The number of anilines is 1. The molecule has 0 aromatic carbocycles. The highest BCUT2D eigenvalue weighted by molar-refractivity contribution is 6.29. The minimum Gasteiger partial charge on any atom is -0.396 e. The van der Waals surface area contributed by atoms with Crippen LogP contribution in [0.5, 0.6) is 0 Å². The van der Waals surface area contributed by atoms with Crippen molar-refractivity contribution < 1.29 is 5.11 Å². The van der Waals surface area contributed by atoms with Gasteiger partial charge in [0, 0.05) is 11.5 Å². The Morgan fingerprint density at radius 2 is 2.44 bits per heavy atom. The third-order valence-electron chi connectivity index (χ3n) is 3.37. The lowest BCUT2D eigenvalue weighted by Crippen LogP contribution is -2.36. The molecular formula is C11H16ClN3O. The fourth-order valence-corrected chi connectivity index (χ4v) is 2.41. The van der Waals surface area contributed by atoms with Gasteiger partial charge in [0.2, 0.25) is 0 Å². The van der Waals surface area contributed by atoms with Crippen molar-refractivity contribution in [2.45, 2.75) is 32.2 Å². The zero-order chi connectivity index (χ0) is 11.6. The third kappa shape index (κ3) is 2.28. The van der Waals surface area contributed by atoms with Gasteiger partial charge < -0.3 is 10.4 Å². The van der Waals surface area contributed by atoms with Gasteiger partial charge in [-0.25, -0.2) is 4.98 Å². The lowest BCUT2D eigenvalue weighted by molar-refractivity contribution is 0.139. The van der Waals surface area contributed by atoms with Crippen LogP contribution in [-0.4, -0.2) is 27.7 Å². The van der Waals surface area contributed by atoms with E-state index in [-0.39, 0.29) is 18.1 Å². The van der Waals surface area contributed by atoms with Gasteiger partial charge >= 0.3 is 0 Å². The highest BCUT2D eigenvalue weighted by Crippen LogP contribution is 2.38. The molecule has 4 nitrogen and oxygen atoms in total. The Hall–Kier alpha value is -0.870. The molecule has 0 radical (unpaired) electrons. The lowest BCUT2D eigenvalue weighted by Gasteiger charge is -2.30. The molecule has 1 fully saturated rings. The molecule has 1 aliphatic rings. The molecule has 0 spiro atoms. The van der Waals surface area contributed by atoms with Gasteiger partial charge in [0.05, 0.1) is 19.0 Å². The van der Waals surface area contributed by atoms with E-state index in [4.69, 9.17) is 11.6 Å². The second kappa shape index (κ2) is 4.55. The summed E-state index contributed by atoms with van der Waals surface area (Å²) < 4.78 is 0. The minimum atomic E-state index is -0.0655. The van der Waals surface area contributed by atoms with Gasteiger partial charge in [0.1, 0.15) is 11.0 Å². The Labute approximate surface area is 100 Å². The van der Waals surface area contributed by atoms with Crippen LogP contribution in [-0.2, 0) is 0 Å². The molecule has 88 valence electrons. The van der Waals surface area contributed by atoms with E-state index in [9.17, 15) is 5.11 Å². The highest BCUT2D eigenvalue weighted by atomic mass is 35.5. The summed E-state index contributed by atoms with van der Waals surface area (Å²) >= 11 is 5.77. The second-order valence-electron chi connectivity index (χ2n) is 4.63. The van der Waals surface area contributed by atoms with E-state index in [0.29, 0.717) is 11.0 Å². The predicted octanol–water partition coefficient (Wildman–Crippen LogP) is 2.09. The van der Waals surface area contributed by atoms with Crippen molar-refractivity contribution in [1.29, 1.82) is 0 Å². The van der Waals surface area contributed by atoms with Crippen LogP contribution in [0.1, 0.15) is 26.2 Å². The summed E-state index contributed by atoms with van der Waals surface area (Å²) in [7, 11) is 0. The number of aliphatic hydroxyl groups is 1. The van der Waals surface area contributed by atoms with Crippen LogP contribution in [0.3, 0.4) is 0 Å². The van der Waals surface area contributed by atoms with Gasteiger partial charge in [0.25, 0.3) is 0 Å². The molecule has 2 N–H and O–H groups in total. The number of aliphatic hydroxyl groups excluding tert-OH is 1. The normalized spacial score (nSPS) is 29.3. The average Bonchev–Trinajstić information content (AvgIpc) is 2.61. The molecule has 2 atom stereocenters. The topological polar surface area (TPSA) is 58.0 Å². The van der Waals surface area contributed by atoms with Gasteiger partial charge in [0.15, 0.2) is 0 Å². The zero-order valence-electron chi connectivity index (χ0n) is 9.28. The van der Waals surface area contributed by atoms with E-state index in [1.807, 2.05) is 0 Å². The molecule has 1 aromatic rings. The molecule has 1 aliphatic carbocycles. The average molecular weight is 242 g/mol. The monoisotopic (exact) mass is 241 g/mol. The van der Waals surface area contributed by atoms with Crippen molar-refractivity contribution >= 4 is 17.4 Å². The molecular weight excluding hydrogens is 226 g/mol. The molecule has 1 saturated carbocycles. The Bertz CT molecular complexity index is 374. The third-order valence-corrected chi connectivity index (χ3v) is 3.55. The van der Waals surface area contributed by atoms with E-state index in [0.717, 1.165) is 19.3 Å². The van der Waals surface area contributed by atoms with E-state index in [1.54, 1.807) is 6.20 Å².